The summed E-state index contributed by atoms with van der Waals surface area (Å²) in [5.41, 5.74) is -0.897. The van der Waals surface area contributed by atoms with E-state index in [1.165, 1.54) is 6.08 Å². The number of ketones is 1. The van der Waals surface area contributed by atoms with E-state index in [-0.39, 0.29) is 23.1 Å². The van der Waals surface area contributed by atoms with Gasteiger partial charge < -0.3 is 19.7 Å². The zero-order valence-electron chi connectivity index (χ0n) is 15.4. The Bertz CT molecular complexity index is 844. The van der Waals surface area contributed by atoms with Gasteiger partial charge in [-0.15, -0.1) is 0 Å². The maximum Gasteiger partial charge on any atom is 0.334 e. The zero-order chi connectivity index (χ0) is 20.1. The van der Waals surface area contributed by atoms with E-state index in [1.807, 2.05) is 0 Å². The lowest BCUT2D eigenvalue weighted by molar-refractivity contribution is -0.153. The van der Waals surface area contributed by atoms with Gasteiger partial charge in [-0.3, -0.25) is 4.79 Å². The number of allylic oxidation sites excluding steroid dienone is 2. The van der Waals surface area contributed by atoms with Crippen molar-refractivity contribution in [2.45, 2.75) is 45.0 Å². The van der Waals surface area contributed by atoms with E-state index in [9.17, 15) is 24.6 Å². The van der Waals surface area contributed by atoms with E-state index in [0.29, 0.717) is 11.1 Å². The summed E-state index contributed by atoms with van der Waals surface area (Å²) in [4.78, 5) is 37.0. The topological polar surface area (TPSA) is 110 Å². The van der Waals surface area contributed by atoms with E-state index in [4.69, 9.17) is 9.47 Å². The van der Waals surface area contributed by atoms with E-state index in [1.54, 1.807) is 26.8 Å². The summed E-state index contributed by atoms with van der Waals surface area (Å²) in [6, 6.07) is 0. The van der Waals surface area contributed by atoms with Crippen LogP contribution in [0.15, 0.2) is 46.6 Å². The van der Waals surface area contributed by atoms with Gasteiger partial charge in [0.25, 0.3) is 0 Å². The lowest BCUT2D eigenvalue weighted by Gasteiger charge is -2.34. The van der Waals surface area contributed by atoms with Crippen molar-refractivity contribution in [3.8, 4) is 0 Å². The molecule has 4 atom stereocenters. The Balaban J connectivity index is 2.14. The van der Waals surface area contributed by atoms with Gasteiger partial charge in [-0.1, -0.05) is 12.7 Å². The Morgan fingerprint density at radius 1 is 1.48 bits per heavy atom. The molecular weight excluding hydrogens is 352 g/mol. The van der Waals surface area contributed by atoms with Crippen LogP contribution >= 0.6 is 0 Å². The quantitative estimate of drug-likeness (QED) is 0.558. The Hall–Kier alpha value is -2.51. The molecule has 0 bridgehead atoms. The summed E-state index contributed by atoms with van der Waals surface area (Å²) < 4.78 is 11.0. The Kier molecular flexibility index (Phi) is 4.69. The normalized spacial score (nSPS) is 33.4. The third-order valence-corrected chi connectivity index (χ3v) is 5.62. The molecule has 0 saturated carbocycles. The molecule has 0 radical (unpaired) electrons. The number of fused-ring (bicyclic) bond motifs is 3. The highest BCUT2D eigenvalue weighted by Crippen LogP contribution is 2.50. The molecule has 1 aliphatic heterocycles. The molecule has 1 heterocycles. The monoisotopic (exact) mass is 374 g/mol. The highest BCUT2D eigenvalue weighted by molar-refractivity contribution is 6.11. The van der Waals surface area contributed by atoms with Crippen LogP contribution in [-0.4, -0.2) is 52.4 Å². The lowest BCUT2D eigenvalue weighted by Crippen LogP contribution is -2.49. The zero-order valence-corrected chi connectivity index (χ0v) is 15.4. The standard InChI is InChI=1S/C20H22O7/c1-5-9(2)18(23)26-14-7-12(8-21)16-13(22)6-10(3)20(16,25)17-15(14)11(4)19(24)27-17/h5-6,14-15,17,21,25H,4,7-8H2,1-3H3. The first-order valence-electron chi connectivity index (χ1n) is 8.69. The third-order valence-electron chi connectivity index (χ3n) is 5.62. The second kappa shape index (κ2) is 6.58. The van der Waals surface area contributed by atoms with E-state index >= 15 is 0 Å². The second-order valence-electron chi connectivity index (χ2n) is 7.09. The van der Waals surface area contributed by atoms with Crippen molar-refractivity contribution in [1.29, 1.82) is 0 Å². The largest absolute Gasteiger partial charge is 0.458 e. The minimum atomic E-state index is -1.88. The Morgan fingerprint density at radius 2 is 2.15 bits per heavy atom. The smallest absolute Gasteiger partial charge is 0.334 e. The molecule has 4 unspecified atom stereocenters. The maximum atomic E-state index is 12.5. The van der Waals surface area contributed by atoms with Crippen molar-refractivity contribution in [2.24, 2.45) is 5.92 Å². The predicted molar refractivity (Wildman–Crippen MR) is 94.3 cm³/mol. The number of aliphatic hydroxyl groups is 2. The molecule has 1 saturated heterocycles. The molecule has 0 aromatic carbocycles. The van der Waals surface area contributed by atoms with Gasteiger partial charge in [0.15, 0.2) is 11.4 Å². The number of carbonyl (C=O) groups excluding carboxylic acids is 3. The van der Waals surface area contributed by atoms with Crippen molar-refractivity contribution in [2.75, 3.05) is 6.61 Å². The number of hydrogen-bond acceptors (Lipinski definition) is 7. The van der Waals surface area contributed by atoms with Crippen LogP contribution < -0.4 is 0 Å². The first-order valence-corrected chi connectivity index (χ1v) is 8.69. The van der Waals surface area contributed by atoms with Crippen molar-refractivity contribution in [3.05, 3.63) is 46.6 Å². The number of rotatable bonds is 3. The third kappa shape index (κ3) is 2.69. The van der Waals surface area contributed by atoms with E-state index in [2.05, 4.69) is 6.58 Å². The number of ether oxygens (including phenoxy) is 2. The highest BCUT2D eigenvalue weighted by Gasteiger charge is 2.62. The highest BCUT2D eigenvalue weighted by atomic mass is 16.6. The molecule has 3 aliphatic rings. The van der Waals surface area contributed by atoms with Crippen molar-refractivity contribution < 1.29 is 34.1 Å². The lowest BCUT2D eigenvalue weighted by atomic mass is 9.78. The summed E-state index contributed by atoms with van der Waals surface area (Å²) in [5, 5.41) is 21.3. The van der Waals surface area contributed by atoms with Gasteiger partial charge in [0, 0.05) is 23.1 Å². The molecular formula is C20H22O7. The molecule has 0 aromatic heterocycles. The van der Waals surface area contributed by atoms with Gasteiger partial charge in [-0.05, 0) is 38.0 Å². The molecule has 0 spiro atoms. The number of aliphatic hydroxyl groups excluding tert-OH is 1. The Morgan fingerprint density at radius 3 is 2.74 bits per heavy atom. The number of esters is 2. The summed E-state index contributed by atoms with van der Waals surface area (Å²) in [6.45, 7) is 8.08. The molecule has 7 nitrogen and oxygen atoms in total. The van der Waals surface area contributed by atoms with E-state index in [0.717, 1.165) is 0 Å². The molecule has 1 fully saturated rings. The Labute approximate surface area is 156 Å². The van der Waals surface area contributed by atoms with Gasteiger partial charge in [0.1, 0.15) is 12.2 Å². The van der Waals surface area contributed by atoms with E-state index < -0.39 is 48.1 Å². The van der Waals surface area contributed by atoms with Crippen molar-refractivity contribution >= 4 is 17.7 Å². The van der Waals surface area contributed by atoms with Crippen LogP contribution in [0.2, 0.25) is 0 Å². The van der Waals surface area contributed by atoms with Crippen LogP contribution in [0.1, 0.15) is 27.2 Å². The van der Waals surface area contributed by atoms with Gasteiger partial charge in [-0.25, -0.2) is 9.59 Å². The summed E-state index contributed by atoms with van der Waals surface area (Å²) >= 11 is 0. The number of hydrogen-bond donors (Lipinski definition) is 2. The molecule has 2 aliphatic carbocycles. The van der Waals surface area contributed by atoms with Crippen LogP contribution in [0.3, 0.4) is 0 Å². The van der Waals surface area contributed by atoms with Crippen LogP contribution in [0.25, 0.3) is 0 Å². The summed E-state index contributed by atoms with van der Waals surface area (Å²) in [5.74, 6) is -2.60. The fourth-order valence-electron chi connectivity index (χ4n) is 4.00. The molecule has 0 aromatic rings. The van der Waals surface area contributed by atoms with Crippen LogP contribution in [0.5, 0.6) is 0 Å². The first kappa shape index (κ1) is 19.3. The fourth-order valence-corrected chi connectivity index (χ4v) is 4.00. The van der Waals surface area contributed by atoms with Crippen molar-refractivity contribution in [1.82, 2.24) is 0 Å². The minimum Gasteiger partial charge on any atom is -0.458 e. The summed E-state index contributed by atoms with van der Waals surface area (Å²) in [6.07, 6.45) is 0.767. The van der Waals surface area contributed by atoms with Gasteiger partial charge in [-0.2, -0.15) is 0 Å². The molecule has 3 rings (SSSR count). The number of carbonyl (C=O) groups is 3. The van der Waals surface area contributed by atoms with Gasteiger partial charge in [0.2, 0.25) is 0 Å². The average molecular weight is 374 g/mol. The first-order chi connectivity index (χ1) is 12.7. The second-order valence-corrected chi connectivity index (χ2v) is 7.09. The molecule has 27 heavy (non-hydrogen) atoms. The average Bonchev–Trinajstić information content (AvgIpc) is 3.01. The van der Waals surface area contributed by atoms with Crippen molar-refractivity contribution in [3.63, 3.8) is 0 Å². The predicted octanol–water partition coefficient (Wildman–Crippen LogP) is 0.915. The fraction of sp³-hybridized carbons (Fsp3) is 0.450. The van der Waals surface area contributed by atoms with Crippen LogP contribution in [0, 0.1) is 5.92 Å². The minimum absolute atomic E-state index is 0.0127. The van der Waals surface area contributed by atoms with Gasteiger partial charge in [0.05, 0.1) is 12.5 Å². The van der Waals surface area contributed by atoms with Crippen LogP contribution in [-0.2, 0) is 23.9 Å². The maximum absolute atomic E-state index is 12.5. The van der Waals surface area contributed by atoms with Gasteiger partial charge >= 0.3 is 11.9 Å². The summed E-state index contributed by atoms with van der Waals surface area (Å²) in [7, 11) is 0. The van der Waals surface area contributed by atoms with Crippen LogP contribution in [0.4, 0.5) is 0 Å². The molecule has 7 heteroatoms. The molecule has 0 amide bonds. The molecule has 2 N–H and O–H groups in total. The SMILES string of the molecule is C=C1C(=O)OC2C1C(OC(=O)C(C)=CC)CC(CO)=C1C(=O)C=C(C)C12O. The molecule has 144 valence electrons.